The molecule has 0 saturated carbocycles. The van der Waals surface area contributed by atoms with Crippen molar-refractivity contribution < 1.29 is 22.7 Å². The van der Waals surface area contributed by atoms with Crippen LogP contribution in [-0.4, -0.2) is 50.9 Å². The second kappa shape index (κ2) is 13.9. The Morgan fingerprint density at radius 1 is 0.976 bits per heavy atom. The highest BCUT2D eigenvalue weighted by Crippen LogP contribution is 2.29. The molecule has 0 aliphatic carbocycles. The van der Waals surface area contributed by atoms with E-state index < -0.39 is 28.5 Å². The SMILES string of the molecule is CC[C@H](C)NC(=O)[C@H](C)N(Cc1ccc(OC)cc1)C(=O)CN(c1ccc(Cl)cc1C)S(=O)(=O)c1ccc(C)cc1. The summed E-state index contributed by atoms with van der Waals surface area (Å²) in [7, 11) is -2.60. The van der Waals surface area contributed by atoms with E-state index in [1.165, 1.54) is 17.0 Å². The van der Waals surface area contributed by atoms with E-state index in [0.717, 1.165) is 21.9 Å². The Balaban J connectivity index is 2.05. The van der Waals surface area contributed by atoms with Crippen molar-refractivity contribution in [3.8, 4) is 5.75 Å². The highest BCUT2D eigenvalue weighted by atomic mass is 35.5. The summed E-state index contributed by atoms with van der Waals surface area (Å²) in [5.41, 5.74) is 2.58. The summed E-state index contributed by atoms with van der Waals surface area (Å²) in [6.45, 7) is 8.67. The van der Waals surface area contributed by atoms with E-state index in [4.69, 9.17) is 16.3 Å². The standard InChI is InChI=1S/C31H38ClN3O5S/c1-7-23(4)33-31(37)24(5)34(19-25-10-13-27(40-6)14-11-25)30(36)20-35(29-17-12-26(32)18-22(29)3)41(38,39)28-15-8-21(2)9-16-28/h8-18,23-24H,7,19-20H2,1-6H3,(H,33,37)/t23-,24-/m0/s1. The molecule has 0 aliphatic heterocycles. The molecule has 3 aromatic carbocycles. The lowest BCUT2D eigenvalue weighted by Gasteiger charge is -2.33. The number of halogens is 1. The van der Waals surface area contributed by atoms with Crippen LogP contribution in [0.2, 0.25) is 5.02 Å². The molecule has 41 heavy (non-hydrogen) atoms. The zero-order chi connectivity index (χ0) is 30.3. The Morgan fingerprint density at radius 3 is 2.17 bits per heavy atom. The second-order valence-electron chi connectivity index (χ2n) is 10.1. The van der Waals surface area contributed by atoms with Crippen molar-refractivity contribution in [1.82, 2.24) is 10.2 Å². The molecular weight excluding hydrogens is 562 g/mol. The maximum absolute atomic E-state index is 14.1. The number of nitrogens with one attached hydrogen (secondary N) is 1. The molecule has 3 rings (SSSR count). The van der Waals surface area contributed by atoms with E-state index >= 15 is 0 Å². The topological polar surface area (TPSA) is 96.0 Å². The molecule has 1 N–H and O–H groups in total. The molecule has 0 heterocycles. The quantitative estimate of drug-likeness (QED) is 0.297. The van der Waals surface area contributed by atoms with Gasteiger partial charge in [-0.2, -0.15) is 0 Å². The summed E-state index contributed by atoms with van der Waals surface area (Å²) in [5.74, 6) is -0.197. The zero-order valence-corrected chi connectivity index (χ0v) is 25.9. The number of ether oxygens (including phenoxy) is 1. The number of benzene rings is 3. The van der Waals surface area contributed by atoms with Crippen molar-refractivity contribution in [2.45, 2.75) is 64.6 Å². The Morgan fingerprint density at radius 2 is 1.61 bits per heavy atom. The first-order chi connectivity index (χ1) is 19.4. The van der Waals surface area contributed by atoms with Crippen LogP contribution in [0.3, 0.4) is 0 Å². The highest BCUT2D eigenvalue weighted by molar-refractivity contribution is 7.92. The van der Waals surface area contributed by atoms with Gasteiger partial charge in [0.1, 0.15) is 18.3 Å². The smallest absolute Gasteiger partial charge is 0.264 e. The van der Waals surface area contributed by atoms with Gasteiger partial charge in [-0.3, -0.25) is 13.9 Å². The van der Waals surface area contributed by atoms with Crippen molar-refractivity contribution in [1.29, 1.82) is 0 Å². The maximum Gasteiger partial charge on any atom is 0.264 e. The van der Waals surface area contributed by atoms with E-state index in [2.05, 4.69) is 5.32 Å². The van der Waals surface area contributed by atoms with Gasteiger partial charge < -0.3 is 15.0 Å². The third-order valence-electron chi connectivity index (χ3n) is 7.00. The molecule has 0 fully saturated rings. The number of hydrogen-bond donors (Lipinski definition) is 1. The first-order valence-corrected chi connectivity index (χ1v) is 15.3. The largest absolute Gasteiger partial charge is 0.497 e. The van der Waals surface area contributed by atoms with Crippen LogP contribution >= 0.6 is 11.6 Å². The van der Waals surface area contributed by atoms with E-state index in [1.54, 1.807) is 63.4 Å². The van der Waals surface area contributed by atoms with Crippen molar-refractivity contribution in [3.63, 3.8) is 0 Å². The van der Waals surface area contributed by atoms with Gasteiger partial charge in [0.25, 0.3) is 10.0 Å². The van der Waals surface area contributed by atoms with Crippen LogP contribution in [0, 0.1) is 13.8 Å². The van der Waals surface area contributed by atoms with Crippen molar-refractivity contribution >= 4 is 39.1 Å². The summed E-state index contributed by atoms with van der Waals surface area (Å²) >= 11 is 6.17. The monoisotopic (exact) mass is 599 g/mol. The molecule has 0 saturated heterocycles. The Hall–Kier alpha value is -3.56. The van der Waals surface area contributed by atoms with Gasteiger partial charge in [0.2, 0.25) is 11.8 Å². The molecular formula is C31H38ClN3O5S. The molecule has 10 heteroatoms. The average molecular weight is 600 g/mol. The van der Waals surface area contributed by atoms with Crippen LogP contribution in [0.5, 0.6) is 5.75 Å². The zero-order valence-electron chi connectivity index (χ0n) is 24.3. The predicted molar refractivity (Wildman–Crippen MR) is 163 cm³/mol. The number of amides is 2. The molecule has 0 aliphatic rings. The number of hydrogen-bond acceptors (Lipinski definition) is 5. The number of aryl methyl sites for hydroxylation is 2. The third kappa shape index (κ3) is 8.01. The molecule has 2 atom stereocenters. The minimum absolute atomic E-state index is 0.0505. The molecule has 220 valence electrons. The molecule has 0 aromatic heterocycles. The van der Waals surface area contributed by atoms with Crippen molar-refractivity contribution in [2.75, 3.05) is 18.0 Å². The van der Waals surface area contributed by atoms with Gasteiger partial charge in [-0.05, 0) is 87.7 Å². The lowest BCUT2D eigenvalue weighted by Crippen LogP contribution is -2.52. The van der Waals surface area contributed by atoms with Gasteiger partial charge in [-0.15, -0.1) is 0 Å². The fourth-order valence-corrected chi connectivity index (χ4v) is 5.93. The van der Waals surface area contributed by atoms with Gasteiger partial charge >= 0.3 is 0 Å². The molecule has 8 nitrogen and oxygen atoms in total. The normalized spacial score (nSPS) is 12.8. The summed E-state index contributed by atoms with van der Waals surface area (Å²) in [4.78, 5) is 28.7. The van der Waals surface area contributed by atoms with Crippen LogP contribution in [0.4, 0.5) is 5.69 Å². The molecule has 0 spiro atoms. The molecule has 0 unspecified atom stereocenters. The number of nitrogens with zero attached hydrogens (tertiary/aromatic N) is 2. The number of carbonyl (C=O) groups excluding carboxylic acids is 2. The van der Waals surface area contributed by atoms with E-state index in [1.807, 2.05) is 32.9 Å². The lowest BCUT2D eigenvalue weighted by atomic mass is 10.1. The number of rotatable bonds is 12. The van der Waals surface area contributed by atoms with E-state index in [0.29, 0.717) is 22.0 Å². The van der Waals surface area contributed by atoms with Crippen LogP contribution in [-0.2, 0) is 26.2 Å². The molecule has 3 aromatic rings. The first kappa shape index (κ1) is 32.0. The minimum atomic E-state index is -4.16. The highest BCUT2D eigenvalue weighted by Gasteiger charge is 2.33. The van der Waals surface area contributed by atoms with Gasteiger partial charge in [0.05, 0.1) is 17.7 Å². The van der Waals surface area contributed by atoms with Crippen LogP contribution < -0.4 is 14.4 Å². The number of methoxy groups -OCH3 is 1. The fourth-order valence-electron chi connectivity index (χ4n) is 4.23. The predicted octanol–water partition coefficient (Wildman–Crippen LogP) is 5.49. The summed E-state index contributed by atoms with van der Waals surface area (Å²) in [6.07, 6.45) is 0.725. The third-order valence-corrected chi connectivity index (χ3v) is 9.00. The maximum atomic E-state index is 14.1. The summed E-state index contributed by atoms with van der Waals surface area (Å²) in [5, 5.41) is 3.38. The van der Waals surface area contributed by atoms with Crippen LogP contribution in [0.1, 0.15) is 43.9 Å². The Labute approximate surface area is 248 Å². The number of carbonyl (C=O) groups is 2. The van der Waals surface area contributed by atoms with Crippen LogP contribution in [0.25, 0.3) is 0 Å². The fraction of sp³-hybridized carbons (Fsp3) is 0.355. The number of sulfonamides is 1. The van der Waals surface area contributed by atoms with Gasteiger partial charge in [-0.1, -0.05) is 48.4 Å². The first-order valence-electron chi connectivity index (χ1n) is 13.5. The molecule has 0 radical (unpaired) electrons. The Kier molecular flexibility index (Phi) is 10.8. The van der Waals surface area contributed by atoms with E-state index in [-0.39, 0.29) is 23.4 Å². The summed E-state index contributed by atoms with van der Waals surface area (Å²) in [6, 6.07) is 17.5. The minimum Gasteiger partial charge on any atom is -0.497 e. The van der Waals surface area contributed by atoms with Crippen LogP contribution in [0.15, 0.2) is 71.6 Å². The van der Waals surface area contributed by atoms with E-state index in [9.17, 15) is 18.0 Å². The van der Waals surface area contributed by atoms with Gasteiger partial charge in [0, 0.05) is 17.6 Å². The second-order valence-corrected chi connectivity index (χ2v) is 12.4. The van der Waals surface area contributed by atoms with Crippen molar-refractivity contribution in [2.24, 2.45) is 0 Å². The van der Waals surface area contributed by atoms with Gasteiger partial charge in [-0.25, -0.2) is 8.42 Å². The van der Waals surface area contributed by atoms with Gasteiger partial charge in [0.15, 0.2) is 0 Å². The summed E-state index contributed by atoms with van der Waals surface area (Å²) < 4.78 is 34.3. The number of anilines is 1. The van der Waals surface area contributed by atoms with Crippen molar-refractivity contribution in [3.05, 3.63) is 88.4 Å². The Bertz CT molecular complexity index is 1460. The lowest BCUT2D eigenvalue weighted by molar-refractivity contribution is -0.139. The molecule has 0 bridgehead atoms. The average Bonchev–Trinajstić information content (AvgIpc) is 2.94. The molecule has 2 amide bonds.